The number of hydrogen-bond donors (Lipinski definition) is 1. The summed E-state index contributed by atoms with van der Waals surface area (Å²) in [6.07, 6.45) is 0. The lowest BCUT2D eigenvalue weighted by molar-refractivity contribution is 0.0692. The molecule has 3 rings (SSSR count). The molecule has 1 aromatic carbocycles. The third-order valence-electron chi connectivity index (χ3n) is 2.61. The van der Waals surface area contributed by atoms with Crippen LogP contribution in [0.5, 0.6) is 0 Å². The molecule has 0 saturated heterocycles. The first-order valence-corrected chi connectivity index (χ1v) is 6.56. The fourth-order valence-electron chi connectivity index (χ4n) is 1.73. The van der Waals surface area contributed by atoms with Crippen molar-refractivity contribution >= 4 is 28.6 Å². The molecule has 2 aromatic heterocycles. The van der Waals surface area contributed by atoms with Crippen LogP contribution in [0.3, 0.4) is 0 Å². The lowest BCUT2D eigenvalue weighted by atomic mass is 10.1. The van der Waals surface area contributed by atoms with Gasteiger partial charge in [0.2, 0.25) is 5.89 Å². The monoisotopic (exact) mass is 287 g/mol. The average Bonchev–Trinajstić information content (AvgIpc) is 2.83. The van der Waals surface area contributed by atoms with Gasteiger partial charge in [-0.1, -0.05) is 18.2 Å². The number of para-hydroxylation sites is 1. The average molecular weight is 287 g/mol. The van der Waals surface area contributed by atoms with Crippen molar-refractivity contribution in [2.75, 3.05) is 0 Å². The molecule has 20 heavy (non-hydrogen) atoms. The molecule has 0 amide bonds. The first kappa shape index (κ1) is 12.6. The van der Waals surface area contributed by atoms with Gasteiger partial charge in [-0.3, -0.25) is 0 Å². The molecule has 0 radical (unpaired) electrons. The van der Waals surface area contributed by atoms with Crippen LogP contribution in [0.4, 0.5) is 0 Å². The highest BCUT2D eigenvalue weighted by molar-refractivity contribution is 7.99. The lowest BCUT2D eigenvalue weighted by Gasteiger charge is -2.04. The Morgan fingerprint density at radius 1 is 1.30 bits per heavy atom. The van der Waals surface area contributed by atoms with E-state index in [9.17, 15) is 9.90 Å². The van der Waals surface area contributed by atoms with Gasteiger partial charge in [0.05, 0.1) is 11.1 Å². The van der Waals surface area contributed by atoms with Crippen molar-refractivity contribution in [3.8, 4) is 0 Å². The van der Waals surface area contributed by atoms with Crippen molar-refractivity contribution in [2.24, 2.45) is 0 Å². The highest BCUT2D eigenvalue weighted by Crippen LogP contribution is 2.30. The largest absolute Gasteiger partial charge is 0.478 e. The number of aromatic carboxylic acids is 1. The standard InChI is InChI=1S/C13H9N3O3S/c1-7-15-16-13(19-7)20-11-9(12(17)18)6-8-4-2-3-5-10(8)14-11/h2-6H,1H3,(H,17,18). The zero-order valence-electron chi connectivity index (χ0n) is 10.4. The Labute approximate surface area is 117 Å². The van der Waals surface area contributed by atoms with E-state index >= 15 is 0 Å². The van der Waals surface area contributed by atoms with Crippen molar-refractivity contribution in [3.05, 3.63) is 41.8 Å². The second-order valence-corrected chi connectivity index (χ2v) is 4.97. The van der Waals surface area contributed by atoms with Gasteiger partial charge in [0.15, 0.2) is 0 Å². The van der Waals surface area contributed by atoms with Crippen molar-refractivity contribution in [1.82, 2.24) is 15.2 Å². The zero-order valence-corrected chi connectivity index (χ0v) is 11.2. The minimum Gasteiger partial charge on any atom is -0.478 e. The number of carboxylic acid groups (broad SMARTS) is 1. The second kappa shape index (κ2) is 4.93. The zero-order chi connectivity index (χ0) is 14.1. The van der Waals surface area contributed by atoms with E-state index in [1.807, 2.05) is 24.3 Å². The first-order chi connectivity index (χ1) is 9.63. The summed E-state index contributed by atoms with van der Waals surface area (Å²) in [6.45, 7) is 1.67. The Morgan fingerprint density at radius 2 is 2.10 bits per heavy atom. The maximum atomic E-state index is 11.3. The van der Waals surface area contributed by atoms with Crippen molar-refractivity contribution in [3.63, 3.8) is 0 Å². The van der Waals surface area contributed by atoms with Crippen molar-refractivity contribution in [2.45, 2.75) is 17.2 Å². The van der Waals surface area contributed by atoms with Gasteiger partial charge in [0, 0.05) is 12.3 Å². The summed E-state index contributed by atoms with van der Waals surface area (Å²) in [4.78, 5) is 15.7. The molecule has 0 aliphatic heterocycles. The highest BCUT2D eigenvalue weighted by Gasteiger charge is 2.17. The SMILES string of the molecule is Cc1nnc(Sc2nc3ccccc3cc2C(=O)O)o1. The van der Waals surface area contributed by atoms with E-state index < -0.39 is 5.97 Å². The minimum atomic E-state index is -1.04. The summed E-state index contributed by atoms with van der Waals surface area (Å²) in [5, 5.41) is 18.2. The molecular weight excluding hydrogens is 278 g/mol. The van der Waals surface area contributed by atoms with Gasteiger partial charge in [-0.05, 0) is 23.9 Å². The number of aryl methyl sites for hydroxylation is 1. The van der Waals surface area contributed by atoms with Gasteiger partial charge in [0.25, 0.3) is 5.22 Å². The molecule has 0 fully saturated rings. The Kier molecular flexibility index (Phi) is 3.11. The van der Waals surface area contributed by atoms with Gasteiger partial charge >= 0.3 is 5.97 Å². The molecular formula is C13H9N3O3S. The molecule has 3 aromatic rings. The molecule has 0 aliphatic rings. The third-order valence-corrected chi connectivity index (χ3v) is 3.46. The normalized spacial score (nSPS) is 10.8. The summed E-state index contributed by atoms with van der Waals surface area (Å²) < 4.78 is 5.24. The topological polar surface area (TPSA) is 89.1 Å². The van der Waals surface area contributed by atoms with E-state index in [1.54, 1.807) is 13.0 Å². The van der Waals surface area contributed by atoms with Crippen LogP contribution < -0.4 is 0 Å². The van der Waals surface area contributed by atoms with Gasteiger partial charge in [-0.25, -0.2) is 9.78 Å². The lowest BCUT2D eigenvalue weighted by Crippen LogP contribution is -2.01. The summed E-state index contributed by atoms with van der Waals surface area (Å²) >= 11 is 1.05. The predicted octanol–water partition coefficient (Wildman–Crippen LogP) is 2.78. The number of pyridine rings is 1. The Balaban J connectivity index is 2.11. The van der Waals surface area contributed by atoms with Crippen molar-refractivity contribution in [1.29, 1.82) is 0 Å². The predicted molar refractivity (Wildman–Crippen MR) is 71.9 cm³/mol. The maximum absolute atomic E-state index is 11.3. The van der Waals surface area contributed by atoms with Crippen LogP contribution in [-0.2, 0) is 0 Å². The van der Waals surface area contributed by atoms with Crippen LogP contribution in [0.15, 0.2) is 45.0 Å². The summed E-state index contributed by atoms with van der Waals surface area (Å²) in [7, 11) is 0. The van der Waals surface area contributed by atoms with Crippen LogP contribution >= 0.6 is 11.8 Å². The number of carboxylic acids is 1. The number of carbonyl (C=O) groups is 1. The van der Waals surface area contributed by atoms with E-state index in [-0.39, 0.29) is 10.8 Å². The molecule has 100 valence electrons. The van der Waals surface area contributed by atoms with Crippen LogP contribution in [0, 0.1) is 6.92 Å². The number of benzene rings is 1. The van der Waals surface area contributed by atoms with E-state index in [4.69, 9.17) is 4.42 Å². The smallest absolute Gasteiger partial charge is 0.338 e. The fourth-order valence-corrected chi connectivity index (χ4v) is 2.54. The second-order valence-electron chi connectivity index (χ2n) is 4.03. The summed E-state index contributed by atoms with van der Waals surface area (Å²) in [5.41, 5.74) is 0.834. The number of rotatable bonds is 3. The molecule has 0 unspecified atom stereocenters. The van der Waals surface area contributed by atoms with E-state index in [1.165, 1.54) is 0 Å². The van der Waals surface area contributed by atoms with Gasteiger partial charge < -0.3 is 9.52 Å². The molecule has 0 spiro atoms. The Hall–Kier alpha value is -2.41. The third kappa shape index (κ3) is 2.35. The van der Waals surface area contributed by atoms with Crippen LogP contribution in [-0.4, -0.2) is 26.3 Å². The minimum absolute atomic E-state index is 0.115. The molecule has 1 N–H and O–H groups in total. The molecule has 0 aliphatic carbocycles. The van der Waals surface area contributed by atoms with E-state index in [2.05, 4.69) is 15.2 Å². The summed E-state index contributed by atoms with van der Waals surface area (Å²) in [6, 6.07) is 8.92. The highest BCUT2D eigenvalue weighted by atomic mass is 32.2. The van der Waals surface area contributed by atoms with E-state index in [0.29, 0.717) is 10.9 Å². The number of hydrogen-bond acceptors (Lipinski definition) is 6. The fraction of sp³-hybridized carbons (Fsp3) is 0.0769. The Morgan fingerprint density at radius 3 is 2.80 bits per heavy atom. The number of fused-ring (bicyclic) bond motifs is 1. The first-order valence-electron chi connectivity index (χ1n) is 5.74. The van der Waals surface area contributed by atoms with Crippen LogP contribution in [0.1, 0.15) is 16.2 Å². The quantitative estimate of drug-likeness (QED) is 0.792. The van der Waals surface area contributed by atoms with Gasteiger partial charge in [0.1, 0.15) is 5.03 Å². The summed E-state index contributed by atoms with van der Waals surface area (Å²) in [5.74, 6) is -0.618. The molecule has 0 saturated carbocycles. The molecule has 2 heterocycles. The van der Waals surface area contributed by atoms with Crippen molar-refractivity contribution < 1.29 is 14.3 Å². The maximum Gasteiger partial charge on any atom is 0.338 e. The number of nitrogens with zero attached hydrogens (tertiary/aromatic N) is 3. The Bertz CT molecular complexity index is 800. The van der Waals surface area contributed by atoms with Crippen LogP contribution in [0.25, 0.3) is 10.9 Å². The molecule has 7 heteroatoms. The molecule has 0 atom stereocenters. The van der Waals surface area contributed by atoms with Gasteiger partial charge in [-0.15, -0.1) is 10.2 Å². The molecule has 0 bridgehead atoms. The van der Waals surface area contributed by atoms with E-state index in [0.717, 1.165) is 22.7 Å². The van der Waals surface area contributed by atoms with Gasteiger partial charge in [-0.2, -0.15) is 0 Å². The number of aromatic nitrogens is 3. The molecule has 6 nitrogen and oxygen atoms in total. The van der Waals surface area contributed by atoms with Crippen LogP contribution in [0.2, 0.25) is 0 Å².